The zero-order valence-corrected chi connectivity index (χ0v) is 10.6. The van der Waals surface area contributed by atoms with Crippen LogP contribution in [0.5, 0.6) is 17.2 Å². The fourth-order valence-electron chi connectivity index (χ4n) is 1.67. The van der Waals surface area contributed by atoms with Crippen LogP contribution in [0.1, 0.15) is 11.1 Å². The van der Waals surface area contributed by atoms with Gasteiger partial charge in [-0.3, -0.25) is 0 Å². The number of hydrogen-bond donors (Lipinski definition) is 0. The molecule has 2 rings (SSSR count). The summed E-state index contributed by atoms with van der Waals surface area (Å²) in [5, 5.41) is 8.79. The zero-order chi connectivity index (χ0) is 13.8. The van der Waals surface area contributed by atoms with Crippen molar-refractivity contribution in [1.82, 2.24) is 0 Å². The van der Waals surface area contributed by atoms with Crippen molar-refractivity contribution in [3.63, 3.8) is 0 Å². The minimum atomic E-state index is -0.514. The van der Waals surface area contributed by atoms with Gasteiger partial charge in [-0.1, -0.05) is 6.07 Å². The number of aryl methyl sites for hydroxylation is 1. The molecule has 0 N–H and O–H groups in total. The summed E-state index contributed by atoms with van der Waals surface area (Å²) in [6.45, 7) is 1.93. The molecule has 0 saturated carbocycles. The molecular formula is C15H12FNO2. The van der Waals surface area contributed by atoms with Crippen LogP contribution in [-0.2, 0) is 0 Å². The summed E-state index contributed by atoms with van der Waals surface area (Å²) in [4.78, 5) is 0. The highest BCUT2D eigenvalue weighted by Gasteiger charge is 2.08. The van der Waals surface area contributed by atoms with Crippen LogP contribution in [0.3, 0.4) is 0 Å². The predicted molar refractivity (Wildman–Crippen MR) is 68.9 cm³/mol. The summed E-state index contributed by atoms with van der Waals surface area (Å²) in [6.07, 6.45) is 0. The maximum Gasteiger partial charge on any atom is 0.169 e. The van der Waals surface area contributed by atoms with Crippen LogP contribution >= 0.6 is 0 Å². The zero-order valence-electron chi connectivity index (χ0n) is 10.6. The second-order valence-corrected chi connectivity index (χ2v) is 4.04. The quantitative estimate of drug-likeness (QED) is 0.839. The van der Waals surface area contributed by atoms with Gasteiger partial charge >= 0.3 is 0 Å². The molecule has 2 aromatic carbocycles. The first kappa shape index (κ1) is 12.9. The molecule has 0 amide bonds. The van der Waals surface area contributed by atoms with Gasteiger partial charge in [0.2, 0.25) is 0 Å². The second-order valence-electron chi connectivity index (χ2n) is 4.04. The lowest BCUT2D eigenvalue weighted by Crippen LogP contribution is -1.92. The van der Waals surface area contributed by atoms with E-state index in [1.165, 1.54) is 19.2 Å². The average molecular weight is 257 g/mol. The van der Waals surface area contributed by atoms with Gasteiger partial charge in [-0.15, -0.1) is 0 Å². The molecule has 0 aliphatic rings. The number of ether oxygens (including phenoxy) is 2. The molecule has 0 saturated heterocycles. The number of rotatable bonds is 3. The lowest BCUT2D eigenvalue weighted by atomic mass is 10.2. The molecule has 19 heavy (non-hydrogen) atoms. The molecule has 0 atom stereocenters. The van der Waals surface area contributed by atoms with Gasteiger partial charge in [-0.25, -0.2) is 4.39 Å². The van der Waals surface area contributed by atoms with Gasteiger partial charge in [-0.2, -0.15) is 5.26 Å². The topological polar surface area (TPSA) is 42.2 Å². The molecule has 0 radical (unpaired) electrons. The first-order valence-corrected chi connectivity index (χ1v) is 5.65. The van der Waals surface area contributed by atoms with Crippen LogP contribution in [-0.4, -0.2) is 7.11 Å². The molecule has 0 unspecified atom stereocenters. The molecule has 2 aromatic rings. The molecule has 0 spiro atoms. The van der Waals surface area contributed by atoms with E-state index in [4.69, 9.17) is 14.7 Å². The lowest BCUT2D eigenvalue weighted by molar-refractivity contribution is 0.377. The van der Waals surface area contributed by atoms with Gasteiger partial charge < -0.3 is 9.47 Å². The minimum Gasteiger partial charge on any atom is -0.493 e. The Balaban J connectivity index is 2.36. The highest BCUT2D eigenvalue weighted by Crippen LogP contribution is 2.32. The summed E-state index contributed by atoms with van der Waals surface area (Å²) in [5.41, 5.74) is 1.24. The molecule has 0 aliphatic heterocycles. The first-order chi connectivity index (χ1) is 9.12. The van der Waals surface area contributed by atoms with Gasteiger partial charge in [0, 0.05) is 6.07 Å². The number of nitriles is 1. The highest BCUT2D eigenvalue weighted by molar-refractivity contribution is 5.46. The summed E-state index contributed by atoms with van der Waals surface area (Å²) in [6, 6.07) is 11.2. The van der Waals surface area contributed by atoms with Crippen molar-refractivity contribution in [3.8, 4) is 23.3 Å². The normalized spacial score (nSPS) is 9.79. The Bertz CT molecular complexity index is 647. The smallest absolute Gasteiger partial charge is 0.169 e. The molecule has 0 heterocycles. The van der Waals surface area contributed by atoms with E-state index in [0.29, 0.717) is 11.5 Å². The fourth-order valence-corrected chi connectivity index (χ4v) is 1.67. The predicted octanol–water partition coefficient (Wildman–Crippen LogP) is 3.81. The Morgan fingerprint density at radius 1 is 1.11 bits per heavy atom. The monoisotopic (exact) mass is 257 g/mol. The Kier molecular flexibility index (Phi) is 3.67. The van der Waals surface area contributed by atoms with E-state index in [1.807, 2.05) is 25.1 Å². The Hall–Kier alpha value is -2.54. The van der Waals surface area contributed by atoms with Crippen LogP contribution in [0.25, 0.3) is 0 Å². The maximum absolute atomic E-state index is 13.3. The lowest BCUT2D eigenvalue weighted by Gasteiger charge is -2.11. The van der Waals surface area contributed by atoms with Crippen LogP contribution < -0.4 is 9.47 Å². The third-order valence-corrected chi connectivity index (χ3v) is 2.55. The fraction of sp³-hybridized carbons (Fsp3) is 0.133. The molecule has 0 fully saturated rings. The molecule has 0 aromatic heterocycles. The second kappa shape index (κ2) is 5.40. The van der Waals surface area contributed by atoms with Crippen molar-refractivity contribution in [2.24, 2.45) is 0 Å². The Morgan fingerprint density at radius 2 is 1.89 bits per heavy atom. The van der Waals surface area contributed by atoms with E-state index in [1.54, 1.807) is 6.07 Å². The van der Waals surface area contributed by atoms with Crippen LogP contribution in [0, 0.1) is 24.1 Å². The third-order valence-electron chi connectivity index (χ3n) is 2.55. The number of halogens is 1. The van der Waals surface area contributed by atoms with Gasteiger partial charge in [-0.05, 0) is 36.8 Å². The van der Waals surface area contributed by atoms with Gasteiger partial charge in [0.1, 0.15) is 11.6 Å². The number of hydrogen-bond acceptors (Lipinski definition) is 3. The molecule has 0 aliphatic carbocycles. The van der Waals surface area contributed by atoms with Crippen LogP contribution in [0.15, 0.2) is 36.4 Å². The van der Waals surface area contributed by atoms with Crippen molar-refractivity contribution in [2.75, 3.05) is 7.11 Å². The third kappa shape index (κ3) is 3.02. The molecular weight excluding hydrogens is 245 g/mol. The largest absolute Gasteiger partial charge is 0.493 e. The van der Waals surface area contributed by atoms with Gasteiger partial charge in [0.05, 0.1) is 18.7 Å². The van der Waals surface area contributed by atoms with Crippen molar-refractivity contribution >= 4 is 0 Å². The SMILES string of the molecule is COc1cc(C)ccc1Oc1cc(F)cc(C#N)c1. The molecule has 4 heteroatoms. The summed E-state index contributed by atoms with van der Waals surface area (Å²) in [7, 11) is 1.54. The Labute approximate surface area is 110 Å². The Morgan fingerprint density at radius 3 is 2.58 bits per heavy atom. The van der Waals surface area contributed by atoms with Crippen molar-refractivity contribution < 1.29 is 13.9 Å². The van der Waals surface area contributed by atoms with E-state index in [9.17, 15) is 4.39 Å². The van der Waals surface area contributed by atoms with E-state index < -0.39 is 5.82 Å². The van der Waals surface area contributed by atoms with Crippen LogP contribution in [0.2, 0.25) is 0 Å². The van der Waals surface area contributed by atoms with Gasteiger partial charge in [0.25, 0.3) is 0 Å². The van der Waals surface area contributed by atoms with Crippen molar-refractivity contribution in [1.29, 1.82) is 5.26 Å². The van der Waals surface area contributed by atoms with Crippen molar-refractivity contribution in [2.45, 2.75) is 6.92 Å². The van der Waals surface area contributed by atoms with E-state index in [-0.39, 0.29) is 11.3 Å². The highest BCUT2D eigenvalue weighted by atomic mass is 19.1. The summed E-state index contributed by atoms with van der Waals surface area (Å²) < 4.78 is 24.1. The minimum absolute atomic E-state index is 0.209. The summed E-state index contributed by atoms with van der Waals surface area (Å²) >= 11 is 0. The first-order valence-electron chi connectivity index (χ1n) is 5.65. The van der Waals surface area contributed by atoms with Gasteiger partial charge in [0.15, 0.2) is 11.5 Å². The number of benzene rings is 2. The standard InChI is InChI=1S/C15H12FNO2/c1-10-3-4-14(15(5-10)18-2)19-13-7-11(9-17)6-12(16)8-13/h3-8H,1-2H3. The molecule has 96 valence electrons. The van der Waals surface area contributed by atoms with E-state index >= 15 is 0 Å². The van der Waals surface area contributed by atoms with Crippen LogP contribution in [0.4, 0.5) is 4.39 Å². The van der Waals surface area contributed by atoms with E-state index in [2.05, 4.69) is 0 Å². The maximum atomic E-state index is 13.3. The average Bonchev–Trinajstić information content (AvgIpc) is 2.40. The van der Waals surface area contributed by atoms with E-state index in [0.717, 1.165) is 11.6 Å². The number of methoxy groups -OCH3 is 1. The number of nitrogens with zero attached hydrogens (tertiary/aromatic N) is 1. The molecule has 3 nitrogen and oxygen atoms in total. The van der Waals surface area contributed by atoms with Crippen molar-refractivity contribution in [3.05, 3.63) is 53.3 Å². The summed E-state index contributed by atoms with van der Waals surface area (Å²) in [5.74, 6) is 0.782. The molecule has 0 bridgehead atoms.